The van der Waals surface area contributed by atoms with Gasteiger partial charge in [0.1, 0.15) is 0 Å². The quantitative estimate of drug-likeness (QED) is 0.602. The van der Waals surface area contributed by atoms with Crippen LogP contribution in [0, 0.1) is 0 Å². The lowest BCUT2D eigenvalue weighted by atomic mass is 10.1. The number of benzene rings is 1. The molecule has 0 aliphatic carbocycles. The van der Waals surface area contributed by atoms with Crippen molar-refractivity contribution in [3.05, 3.63) is 80.2 Å². The molecule has 25 heavy (non-hydrogen) atoms. The maximum absolute atomic E-state index is 13.0. The number of thiophene rings is 2. The van der Waals surface area contributed by atoms with Crippen molar-refractivity contribution in [1.82, 2.24) is 4.90 Å². The molecule has 1 aromatic carbocycles. The van der Waals surface area contributed by atoms with Crippen molar-refractivity contribution in [3.8, 4) is 0 Å². The molecule has 0 aliphatic heterocycles. The van der Waals surface area contributed by atoms with E-state index in [-0.39, 0.29) is 5.91 Å². The second-order valence-corrected chi connectivity index (χ2v) is 7.45. The van der Waals surface area contributed by atoms with Gasteiger partial charge in [0.25, 0.3) is 5.91 Å². The molecule has 2 heterocycles. The van der Waals surface area contributed by atoms with Crippen LogP contribution in [0.2, 0.25) is 0 Å². The van der Waals surface area contributed by atoms with Crippen molar-refractivity contribution in [2.24, 2.45) is 0 Å². The van der Waals surface area contributed by atoms with E-state index in [1.165, 1.54) is 7.11 Å². The number of hydrogen-bond acceptors (Lipinski definition) is 5. The molecule has 0 aliphatic rings. The molecule has 3 rings (SSSR count). The number of carbonyl (C=O) groups excluding carboxylic acids is 2. The molecule has 3 aromatic rings. The number of hydrogen-bond donors (Lipinski definition) is 0. The van der Waals surface area contributed by atoms with E-state index in [0.29, 0.717) is 24.2 Å². The van der Waals surface area contributed by atoms with Crippen LogP contribution in [-0.2, 0) is 17.8 Å². The summed E-state index contributed by atoms with van der Waals surface area (Å²) in [6.45, 7) is 1.13. The third-order valence-electron chi connectivity index (χ3n) is 3.69. The number of carbonyl (C=O) groups is 2. The summed E-state index contributed by atoms with van der Waals surface area (Å²) in [5, 5.41) is 4.02. The van der Waals surface area contributed by atoms with E-state index in [9.17, 15) is 9.59 Å². The fourth-order valence-electron chi connectivity index (χ4n) is 2.43. The summed E-state index contributed by atoms with van der Waals surface area (Å²) in [4.78, 5) is 28.6. The number of amides is 1. The molecule has 0 bridgehead atoms. The highest BCUT2D eigenvalue weighted by atomic mass is 32.1. The van der Waals surface area contributed by atoms with Gasteiger partial charge < -0.3 is 9.64 Å². The molecule has 4 nitrogen and oxygen atoms in total. The van der Waals surface area contributed by atoms with Crippen molar-refractivity contribution in [3.63, 3.8) is 0 Å². The molecule has 2 aromatic heterocycles. The normalized spacial score (nSPS) is 10.4. The molecule has 0 unspecified atom stereocenters. The highest BCUT2D eigenvalue weighted by molar-refractivity contribution is 7.10. The Balaban J connectivity index is 1.81. The molecule has 0 radical (unpaired) electrons. The third kappa shape index (κ3) is 4.35. The largest absolute Gasteiger partial charge is 0.465 e. The molecular formula is C19H17NO3S2. The van der Waals surface area contributed by atoms with E-state index >= 15 is 0 Å². The number of nitrogens with zero attached hydrogens (tertiary/aromatic N) is 1. The summed E-state index contributed by atoms with van der Waals surface area (Å²) in [7, 11) is 1.34. The van der Waals surface area contributed by atoms with Crippen LogP contribution >= 0.6 is 22.7 Å². The van der Waals surface area contributed by atoms with Gasteiger partial charge in [-0.25, -0.2) is 4.79 Å². The number of rotatable bonds is 6. The molecule has 0 N–H and O–H groups in total. The molecule has 0 fully saturated rings. The molecule has 1 amide bonds. The summed E-state index contributed by atoms with van der Waals surface area (Å²) in [5.41, 5.74) is 0.989. The van der Waals surface area contributed by atoms with E-state index < -0.39 is 5.97 Å². The molecule has 0 atom stereocenters. The first-order valence-electron chi connectivity index (χ1n) is 7.70. The average molecular weight is 371 g/mol. The summed E-state index contributed by atoms with van der Waals surface area (Å²) in [6.07, 6.45) is 0. The van der Waals surface area contributed by atoms with Crippen molar-refractivity contribution in [2.75, 3.05) is 7.11 Å². The van der Waals surface area contributed by atoms with Gasteiger partial charge in [0.05, 0.1) is 25.8 Å². The third-order valence-corrected chi connectivity index (χ3v) is 5.42. The maximum Gasteiger partial charge on any atom is 0.337 e. The maximum atomic E-state index is 13.0. The Morgan fingerprint density at radius 3 is 1.84 bits per heavy atom. The smallest absolute Gasteiger partial charge is 0.337 e. The lowest BCUT2D eigenvalue weighted by molar-refractivity contribution is 0.0599. The Morgan fingerprint density at radius 2 is 1.40 bits per heavy atom. The van der Waals surface area contributed by atoms with E-state index in [2.05, 4.69) is 0 Å². The minimum atomic E-state index is -0.409. The van der Waals surface area contributed by atoms with Crippen LogP contribution in [0.25, 0.3) is 0 Å². The highest BCUT2D eigenvalue weighted by Crippen LogP contribution is 2.19. The first-order valence-corrected chi connectivity index (χ1v) is 9.45. The van der Waals surface area contributed by atoms with Gasteiger partial charge in [-0.05, 0) is 47.2 Å². The summed E-state index contributed by atoms with van der Waals surface area (Å²) >= 11 is 3.27. The van der Waals surface area contributed by atoms with Crippen molar-refractivity contribution < 1.29 is 14.3 Å². The minimum absolute atomic E-state index is 0.0572. The Morgan fingerprint density at radius 1 is 0.880 bits per heavy atom. The molecule has 0 spiro atoms. The predicted molar refractivity (Wildman–Crippen MR) is 100.0 cm³/mol. The Bertz CT molecular complexity index is 788. The Hall–Kier alpha value is -2.44. The molecule has 6 heteroatoms. The van der Waals surface area contributed by atoms with Gasteiger partial charge >= 0.3 is 5.97 Å². The lowest BCUT2D eigenvalue weighted by Gasteiger charge is -2.21. The molecule has 0 saturated heterocycles. The van der Waals surface area contributed by atoms with Crippen molar-refractivity contribution in [1.29, 1.82) is 0 Å². The predicted octanol–water partition coefficient (Wildman–Crippen LogP) is 4.44. The zero-order valence-corrected chi connectivity index (χ0v) is 15.3. The number of esters is 1. The second kappa shape index (κ2) is 8.09. The van der Waals surface area contributed by atoms with Gasteiger partial charge in [0.15, 0.2) is 0 Å². The Labute approximate surface area is 154 Å². The topological polar surface area (TPSA) is 46.6 Å². The van der Waals surface area contributed by atoms with Gasteiger partial charge in [0.2, 0.25) is 0 Å². The van der Waals surface area contributed by atoms with Crippen molar-refractivity contribution in [2.45, 2.75) is 13.1 Å². The highest BCUT2D eigenvalue weighted by Gasteiger charge is 2.18. The monoisotopic (exact) mass is 371 g/mol. The second-order valence-electron chi connectivity index (χ2n) is 5.39. The van der Waals surface area contributed by atoms with E-state index in [1.807, 2.05) is 39.9 Å². The van der Waals surface area contributed by atoms with Crippen LogP contribution in [0.3, 0.4) is 0 Å². The minimum Gasteiger partial charge on any atom is -0.465 e. The molecular weight excluding hydrogens is 354 g/mol. The van der Waals surface area contributed by atoms with Crippen LogP contribution in [-0.4, -0.2) is 23.9 Å². The standard InChI is InChI=1S/C19H17NO3S2/c1-23-19(22)15-8-6-14(7-9-15)18(21)20(12-16-4-2-10-24-16)13-17-5-3-11-25-17/h2-11H,12-13H2,1H3. The lowest BCUT2D eigenvalue weighted by Crippen LogP contribution is -2.29. The molecule has 128 valence electrons. The zero-order chi connectivity index (χ0) is 17.6. The SMILES string of the molecule is COC(=O)c1ccc(C(=O)N(Cc2cccs2)Cc2cccs2)cc1. The molecule has 0 saturated carbocycles. The fourth-order valence-corrected chi connectivity index (χ4v) is 3.87. The van der Waals surface area contributed by atoms with E-state index in [1.54, 1.807) is 46.9 Å². The first kappa shape index (κ1) is 17.4. The van der Waals surface area contributed by atoms with Crippen LogP contribution in [0.5, 0.6) is 0 Å². The average Bonchev–Trinajstić information content (AvgIpc) is 3.34. The van der Waals surface area contributed by atoms with Crippen LogP contribution in [0.4, 0.5) is 0 Å². The summed E-state index contributed by atoms with van der Waals surface area (Å²) < 4.78 is 4.69. The van der Waals surface area contributed by atoms with Crippen LogP contribution in [0.1, 0.15) is 30.5 Å². The van der Waals surface area contributed by atoms with Gasteiger partial charge in [-0.15, -0.1) is 22.7 Å². The fraction of sp³-hybridized carbons (Fsp3) is 0.158. The number of ether oxygens (including phenoxy) is 1. The summed E-state index contributed by atoms with van der Waals surface area (Å²) in [6, 6.07) is 14.6. The van der Waals surface area contributed by atoms with Crippen molar-refractivity contribution >= 4 is 34.6 Å². The number of methoxy groups -OCH3 is 1. The van der Waals surface area contributed by atoms with E-state index in [0.717, 1.165) is 9.75 Å². The van der Waals surface area contributed by atoms with Crippen LogP contribution in [0.15, 0.2) is 59.3 Å². The van der Waals surface area contributed by atoms with Gasteiger partial charge in [-0.1, -0.05) is 12.1 Å². The first-order chi connectivity index (χ1) is 12.2. The van der Waals surface area contributed by atoms with E-state index in [4.69, 9.17) is 4.74 Å². The zero-order valence-electron chi connectivity index (χ0n) is 13.7. The Kier molecular flexibility index (Phi) is 5.63. The van der Waals surface area contributed by atoms with Gasteiger partial charge in [-0.2, -0.15) is 0 Å². The van der Waals surface area contributed by atoms with Gasteiger partial charge in [0, 0.05) is 15.3 Å². The van der Waals surface area contributed by atoms with Gasteiger partial charge in [-0.3, -0.25) is 4.79 Å². The summed E-state index contributed by atoms with van der Waals surface area (Å²) in [5.74, 6) is -0.466. The van der Waals surface area contributed by atoms with Crippen LogP contribution < -0.4 is 0 Å².